The molecule has 10 heteroatoms. The van der Waals surface area contributed by atoms with Gasteiger partial charge in [-0.3, -0.25) is 4.79 Å². The first kappa shape index (κ1) is 26.6. The normalized spacial score (nSPS) is 14.8. The highest BCUT2D eigenvalue weighted by molar-refractivity contribution is 6.31. The van der Waals surface area contributed by atoms with Crippen LogP contribution in [0.25, 0.3) is 16.6 Å². The van der Waals surface area contributed by atoms with Crippen LogP contribution in [0.4, 0.5) is 4.39 Å². The number of H-pyrrole nitrogens is 1. The third-order valence-electron chi connectivity index (χ3n) is 6.08. The number of ether oxygens (including phenoxy) is 2. The zero-order valence-electron chi connectivity index (χ0n) is 21.3. The molecule has 0 aliphatic carbocycles. The van der Waals surface area contributed by atoms with E-state index < -0.39 is 29.2 Å². The van der Waals surface area contributed by atoms with Gasteiger partial charge >= 0.3 is 5.97 Å². The van der Waals surface area contributed by atoms with E-state index in [-0.39, 0.29) is 41.8 Å². The number of aliphatic hydroxyl groups is 1. The molecule has 0 saturated heterocycles. The number of fused-ring (bicyclic) bond motifs is 3. The molecule has 3 heterocycles. The van der Waals surface area contributed by atoms with Crippen molar-refractivity contribution in [3.63, 3.8) is 0 Å². The Hall–Kier alpha value is -3.43. The summed E-state index contributed by atoms with van der Waals surface area (Å²) in [5, 5.41) is 9.20. The number of esters is 1. The first-order chi connectivity index (χ1) is 17.4. The second kappa shape index (κ2) is 10.1. The Morgan fingerprint density at radius 1 is 1.30 bits per heavy atom. The summed E-state index contributed by atoms with van der Waals surface area (Å²) in [7, 11) is 0. The first-order valence-corrected chi connectivity index (χ1v) is 12.3. The van der Waals surface area contributed by atoms with E-state index in [1.165, 1.54) is 17.2 Å². The van der Waals surface area contributed by atoms with Gasteiger partial charge in [-0.2, -0.15) is 0 Å². The van der Waals surface area contributed by atoms with Crippen LogP contribution in [-0.4, -0.2) is 57.7 Å². The van der Waals surface area contributed by atoms with Crippen LogP contribution in [-0.2, 0) is 14.9 Å². The van der Waals surface area contributed by atoms with Crippen LogP contribution in [0, 0.1) is 12.7 Å². The number of aliphatic hydroxyl groups excluding tert-OH is 1. The molecule has 1 amide bonds. The molecule has 37 heavy (non-hydrogen) atoms. The number of nitrogens with one attached hydrogen (secondary N) is 1. The Balaban J connectivity index is 1.90. The SMILES string of the molecule is Cc1ccc(C(=O)N2C=C(C(=O)OC(C)C)c3[nH]c4cc(OCCO)c(Cl)nc4c3C(C)(C)C2)cc1F. The maximum atomic E-state index is 14.3. The third-order valence-corrected chi connectivity index (χ3v) is 6.35. The Bertz CT molecular complexity index is 1410. The summed E-state index contributed by atoms with van der Waals surface area (Å²) >= 11 is 6.39. The Labute approximate surface area is 219 Å². The van der Waals surface area contributed by atoms with Crippen LogP contribution in [0.2, 0.25) is 5.15 Å². The minimum atomic E-state index is -0.716. The first-order valence-electron chi connectivity index (χ1n) is 11.9. The number of hydrogen-bond donors (Lipinski definition) is 2. The molecule has 1 aliphatic rings. The van der Waals surface area contributed by atoms with Gasteiger partial charge in [-0.1, -0.05) is 31.5 Å². The standard InChI is InChI=1S/C27H29ClFN3O5/c1-14(2)37-26(35)17-12-32(25(34)16-7-6-15(3)18(29)10-16)13-27(4,5)21-22(17)30-19-11-20(36-9-8-33)24(28)31-23(19)21/h6-7,10-12,14,30,33H,8-9,13H2,1-5H3. The van der Waals surface area contributed by atoms with Crippen LogP contribution in [0.5, 0.6) is 5.75 Å². The lowest BCUT2D eigenvalue weighted by Crippen LogP contribution is -2.37. The number of amides is 1. The van der Waals surface area contributed by atoms with E-state index >= 15 is 0 Å². The summed E-state index contributed by atoms with van der Waals surface area (Å²) < 4.78 is 25.3. The monoisotopic (exact) mass is 529 g/mol. The lowest BCUT2D eigenvalue weighted by molar-refractivity contribution is -0.140. The van der Waals surface area contributed by atoms with E-state index in [0.29, 0.717) is 27.9 Å². The van der Waals surface area contributed by atoms with Gasteiger partial charge in [-0.25, -0.2) is 14.2 Å². The summed E-state index contributed by atoms with van der Waals surface area (Å²) in [6.07, 6.45) is 1.04. The van der Waals surface area contributed by atoms with Gasteiger partial charge in [0.05, 0.1) is 35.0 Å². The van der Waals surface area contributed by atoms with Crippen LogP contribution >= 0.6 is 11.6 Å². The zero-order valence-corrected chi connectivity index (χ0v) is 22.1. The highest BCUT2D eigenvalue weighted by Gasteiger charge is 2.38. The highest BCUT2D eigenvalue weighted by Crippen LogP contribution is 2.42. The lowest BCUT2D eigenvalue weighted by atomic mass is 9.83. The Morgan fingerprint density at radius 2 is 2.03 bits per heavy atom. The summed E-state index contributed by atoms with van der Waals surface area (Å²) in [6.45, 7) is 8.95. The molecular formula is C27H29ClFN3O5. The maximum Gasteiger partial charge on any atom is 0.342 e. The fourth-order valence-electron chi connectivity index (χ4n) is 4.42. The molecule has 0 unspecified atom stereocenters. The maximum absolute atomic E-state index is 14.3. The summed E-state index contributed by atoms with van der Waals surface area (Å²) in [4.78, 5) is 36.0. The second-order valence-corrected chi connectivity index (χ2v) is 10.3. The second-order valence-electron chi connectivity index (χ2n) is 9.90. The van der Waals surface area contributed by atoms with Crippen molar-refractivity contribution < 1.29 is 28.6 Å². The predicted molar refractivity (Wildman–Crippen MR) is 138 cm³/mol. The number of nitrogens with zero attached hydrogens (tertiary/aromatic N) is 2. The van der Waals surface area contributed by atoms with Crippen molar-refractivity contribution >= 4 is 40.1 Å². The number of aryl methyl sites for hydroxylation is 1. The van der Waals surface area contributed by atoms with Crippen molar-refractivity contribution in [2.45, 2.75) is 46.1 Å². The van der Waals surface area contributed by atoms with Crippen LogP contribution in [0.15, 0.2) is 30.5 Å². The summed E-state index contributed by atoms with van der Waals surface area (Å²) in [6, 6.07) is 5.96. The average Bonchev–Trinajstić information content (AvgIpc) is 3.13. The fourth-order valence-corrected chi connectivity index (χ4v) is 4.61. The number of carbonyl (C=O) groups is 2. The molecule has 1 aromatic carbocycles. The van der Waals surface area contributed by atoms with Crippen molar-refractivity contribution in [3.8, 4) is 5.75 Å². The van der Waals surface area contributed by atoms with Crippen molar-refractivity contribution in [1.82, 2.24) is 14.9 Å². The largest absolute Gasteiger partial charge is 0.488 e. The number of pyridine rings is 1. The van der Waals surface area contributed by atoms with E-state index in [4.69, 9.17) is 26.2 Å². The van der Waals surface area contributed by atoms with Gasteiger partial charge in [-0.05, 0) is 38.5 Å². The van der Waals surface area contributed by atoms with Gasteiger partial charge in [0.25, 0.3) is 5.91 Å². The molecule has 196 valence electrons. The van der Waals surface area contributed by atoms with Gasteiger partial charge in [-0.15, -0.1) is 0 Å². The highest BCUT2D eigenvalue weighted by atomic mass is 35.5. The molecule has 0 bridgehead atoms. The lowest BCUT2D eigenvalue weighted by Gasteiger charge is -2.29. The quantitative estimate of drug-likeness (QED) is 0.352. The number of halogens is 2. The molecule has 2 aromatic heterocycles. The molecule has 4 rings (SSSR count). The van der Waals surface area contributed by atoms with E-state index in [9.17, 15) is 14.0 Å². The molecule has 8 nitrogen and oxygen atoms in total. The molecule has 0 fully saturated rings. The fraction of sp³-hybridized carbons (Fsp3) is 0.370. The summed E-state index contributed by atoms with van der Waals surface area (Å²) in [5.74, 6) is -1.29. The molecule has 0 spiro atoms. The number of aromatic amines is 1. The van der Waals surface area contributed by atoms with Gasteiger partial charge in [0.2, 0.25) is 0 Å². The number of hydrogen-bond acceptors (Lipinski definition) is 6. The Kier molecular flexibility index (Phi) is 7.30. The molecule has 0 saturated carbocycles. The van der Waals surface area contributed by atoms with E-state index in [1.807, 2.05) is 13.8 Å². The number of rotatable bonds is 6. The van der Waals surface area contributed by atoms with Gasteiger partial charge < -0.3 is 24.5 Å². The molecule has 0 atom stereocenters. The molecule has 0 radical (unpaired) electrons. The van der Waals surface area contributed by atoms with Gasteiger partial charge in [0.15, 0.2) is 10.9 Å². The van der Waals surface area contributed by atoms with Crippen LogP contribution in [0.3, 0.4) is 0 Å². The van der Waals surface area contributed by atoms with E-state index in [2.05, 4.69) is 9.97 Å². The molecule has 2 N–H and O–H groups in total. The van der Waals surface area contributed by atoms with Crippen LogP contribution < -0.4 is 4.74 Å². The zero-order chi connectivity index (χ0) is 27.1. The molecular weight excluding hydrogens is 501 g/mol. The average molecular weight is 530 g/mol. The van der Waals surface area contributed by atoms with Crippen LogP contribution in [0.1, 0.15) is 54.9 Å². The smallest absolute Gasteiger partial charge is 0.342 e. The summed E-state index contributed by atoms with van der Waals surface area (Å²) in [5.41, 5.74) is 2.20. The Morgan fingerprint density at radius 3 is 2.68 bits per heavy atom. The van der Waals surface area contributed by atoms with Gasteiger partial charge in [0.1, 0.15) is 12.4 Å². The van der Waals surface area contributed by atoms with Crippen molar-refractivity contribution in [2.75, 3.05) is 19.8 Å². The van der Waals surface area contributed by atoms with Crippen molar-refractivity contribution in [3.05, 3.63) is 63.8 Å². The number of carbonyl (C=O) groups excluding carboxylic acids is 2. The van der Waals surface area contributed by atoms with Gasteiger partial charge in [0, 0.05) is 35.4 Å². The van der Waals surface area contributed by atoms with Crippen molar-refractivity contribution in [2.24, 2.45) is 0 Å². The topological polar surface area (TPSA) is 105 Å². The van der Waals surface area contributed by atoms with Crippen molar-refractivity contribution in [1.29, 1.82) is 0 Å². The predicted octanol–water partition coefficient (Wildman–Crippen LogP) is 4.76. The third kappa shape index (κ3) is 5.19. The number of aromatic nitrogens is 2. The molecule has 3 aromatic rings. The van der Waals surface area contributed by atoms with E-state index in [1.54, 1.807) is 39.0 Å². The molecule has 1 aliphatic heterocycles. The van der Waals surface area contributed by atoms with E-state index in [0.717, 1.165) is 0 Å². The minimum Gasteiger partial charge on any atom is -0.488 e. The number of benzene rings is 1. The minimum absolute atomic E-state index is 0.0430.